The molecule has 0 aromatic carbocycles. The lowest BCUT2D eigenvalue weighted by Crippen LogP contribution is -1.98. The molecule has 0 spiro atoms. The zero-order chi connectivity index (χ0) is 6.69. The van der Waals surface area contributed by atoms with Crippen LogP contribution in [0.5, 0.6) is 0 Å². The van der Waals surface area contributed by atoms with E-state index in [2.05, 4.69) is 17.7 Å². The average Bonchev–Trinajstić information content (AvgIpc) is 2.17. The van der Waals surface area contributed by atoms with Gasteiger partial charge in [-0.1, -0.05) is 0 Å². The summed E-state index contributed by atoms with van der Waals surface area (Å²) in [6.45, 7) is -0.0601. The normalized spacial score (nSPS) is 10.0. The third-order valence-corrected chi connectivity index (χ3v) is 1.16. The van der Waals surface area contributed by atoms with Crippen LogP contribution in [0.2, 0.25) is 0 Å². The van der Waals surface area contributed by atoms with Crippen molar-refractivity contribution < 1.29 is 4.39 Å². The summed E-state index contributed by atoms with van der Waals surface area (Å²) in [5, 5.41) is 3.81. The van der Waals surface area contributed by atoms with Crippen molar-refractivity contribution in [3.8, 4) is 0 Å². The molecule has 0 saturated carbocycles. The Balaban J connectivity index is 2.61. The molecule has 50 valence electrons. The van der Waals surface area contributed by atoms with E-state index in [4.69, 9.17) is 0 Å². The quantitative estimate of drug-likeness (QED) is 0.619. The molecule has 2 nitrogen and oxygen atoms in total. The zero-order valence-corrected chi connectivity index (χ0v) is 5.68. The highest BCUT2D eigenvalue weighted by Crippen LogP contribution is 2.01. The first kappa shape index (κ1) is 6.61. The summed E-state index contributed by atoms with van der Waals surface area (Å²) in [6.07, 6.45) is 3.27. The Labute approximate surface area is 58.1 Å². The van der Waals surface area contributed by atoms with E-state index in [0.717, 1.165) is 4.90 Å². The van der Waals surface area contributed by atoms with Gasteiger partial charge in [0, 0.05) is 11.1 Å². The largest absolute Gasteiger partial charge is 0.269 e. The van der Waals surface area contributed by atoms with Crippen LogP contribution in [-0.2, 0) is 6.54 Å². The summed E-state index contributed by atoms with van der Waals surface area (Å²) in [5.41, 5.74) is 0. The first-order chi connectivity index (χ1) is 4.33. The Kier molecular flexibility index (Phi) is 2.10. The minimum Gasteiger partial charge on any atom is -0.269 e. The van der Waals surface area contributed by atoms with Gasteiger partial charge in [-0.2, -0.15) is 5.10 Å². The molecule has 0 N–H and O–H groups in total. The molecule has 1 aromatic heterocycles. The lowest BCUT2D eigenvalue weighted by molar-refractivity contribution is 0.427. The number of aryl methyl sites for hydroxylation is 1. The summed E-state index contributed by atoms with van der Waals surface area (Å²) in [7, 11) is 0. The first-order valence-corrected chi connectivity index (χ1v) is 3.05. The van der Waals surface area contributed by atoms with E-state index in [0.29, 0.717) is 6.54 Å². The Morgan fingerprint density at radius 3 is 3.00 bits per heavy atom. The van der Waals surface area contributed by atoms with Crippen LogP contribution >= 0.6 is 12.6 Å². The second-order valence-corrected chi connectivity index (χ2v) is 2.17. The van der Waals surface area contributed by atoms with Crippen LogP contribution in [0.4, 0.5) is 4.39 Å². The monoisotopic (exact) mass is 146 g/mol. The third-order valence-electron chi connectivity index (χ3n) is 0.933. The lowest BCUT2D eigenvalue weighted by atomic mass is 10.7. The summed E-state index contributed by atoms with van der Waals surface area (Å²) in [4.78, 5) is 0.767. The van der Waals surface area contributed by atoms with E-state index in [-0.39, 0.29) is 6.67 Å². The van der Waals surface area contributed by atoms with E-state index in [1.807, 2.05) is 0 Å². The molecule has 0 unspecified atom stereocenters. The Hall–Kier alpha value is -0.510. The number of thiol groups is 1. The standard InChI is InChI=1S/C5H7FN2S/c6-1-2-8-4-5(9)3-7-8/h3-4,9H,1-2H2. The molecule has 0 aliphatic heterocycles. The Morgan fingerprint density at radius 1 is 1.78 bits per heavy atom. The molecule has 1 rings (SSSR count). The summed E-state index contributed by atoms with van der Waals surface area (Å²) < 4.78 is 13.1. The van der Waals surface area contributed by atoms with Crippen LogP contribution in [0.15, 0.2) is 17.3 Å². The maximum absolute atomic E-state index is 11.6. The number of aromatic nitrogens is 2. The van der Waals surface area contributed by atoms with Crippen molar-refractivity contribution in [3.05, 3.63) is 12.4 Å². The molecule has 0 atom stereocenters. The predicted molar refractivity (Wildman–Crippen MR) is 35.5 cm³/mol. The van der Waals surface area contributed by atoms with Gasteiger partial charge in [-0.05, 0) is 0 Å². The lowest BCUT2D eigenvalue weighted by Gasteiger charge is -1.91. The molecule has 9 heavy (non-hydrogen) atoms. The van der Waals surface area contributed by atoms with Gasteiger partial charge >= 0.3 is 0 Å². The van der Waals surface area contributed by atoms with Gasteiger partial charge in [0.15, 0.2) is 0 Å². The van der Waals surface area contributed by atoms with E-state index in [9.17, 15) is 4.39 Å². The molecule has 0 aliphatic carbocycles. The van der Waals surface area contributed by atoms with Crippen molar-refractivity contribution in [2.45, 2.75) is 11.4 Å². The molecule has 0 bridgehead atoms. The van der Waals surface area contributed by atoms with Crippen LogP contribution in [0, 0.1) is 0 Å². The number of hydrogen-bond donors (Lipinski definition) is 1. The fourth-order valence-electron chi connectivity index (χ4n) is 0.562. The number of rotatable bonds is 2. The molecular weight excluding hydrogens is 139 g/mol. The van der Waals surface area contributed by atoms with Gasteiger partial charge in [-0.15, -0.1) is 12.6 Å². The zero-order valence-electron chi connectivity index (χ0n) is 4.79. The Morgan fingerprint density at radius 2 is 2.56 bits per heavy atom. The van der Waals surface area contributed by atoms with Crippen LogP contribution in [0.25, 0.3) is 0 Å². The van der Waals surface area contributed by atoms with Crippen molar-refractivity contribution in [1.29, 1.82) is 0 Å². The molecule has 0 radical (unpaired) electrons. The highest BCUT2D eigenvalue weighted by molar-refractivity contribution is 7.80. The summed E-state index contributed by atoms with van der Waals surface area (Å²) in [6, 6.07) is 0. The van der Waals surface area contributed by atoms with Gasteiger partial charge in [0.25, 0.3) is 0 Å². The molecule has 4 heteroatoms. The van der Waals surface area contributed by atoms with E-state index >= 15 is 0 Å². The number of hydrogen-bond acceptors (Lipinski definition) is 2. The average molecular weight is 146 g/mol. The third kappa shape index (κ3) is 1.71. The smallest absolute Gasteiger partial charge is 0.109 e. The van der Waals surface area contributed by atoms with Crippen LogP contribution in [0.1, 0.15) is 0 Å². The second kappa shape index (κ2) is 2.87. The summed E-state index contributed by atoms with van der Waals surface area (Å²) in [5.74, 6) is 0. The van der Waals surface area contributed by atoms with E-state index < -0.39 is 0 Å². The van der Waals surface area contributed by atoms with Crippen molar-refractivity contribution in [2.24, 2.45) is 0 Å². The fraction of sp³-hybridized carbons (Fsp3) is 0.400. The van der Waals surface area contributed by atoms with Crippen LogP contribution in [-0.4, -0.2) is 16.5 Å². The van der Waals surface area contributed by atoms with Crippen molar-refractivity contribution in [3.63, 3.8) is 0 Å². The van der Waals surface area contributed by atoms with Gasteiger partial charge in [0.2, 0.25) is 0 Å². The fourth-order valence-corrected chi connectivity index (χ4v) is 0.746. The van der Waals surface area contributed by atoms with Crippen molar-refractivity contribution in [1.82, 2.24) is 9.78 Å². The molecular formula is C5H7FN2S. The highest BCUT2D eigenvalue weighted by atomic mass is 32.1. The van der Waals surface area contributed by atoms with Crippen LogP contribution in [0.3, 0.4) is 0 Å². The molecule has 0 saturated heterocycles. The van der Waals surface area contributed by atoms with Gasteiger partial charge < -0.3 is 0 Å². The maximum Gasteiger partial charge on any atom is 0.109 e. The maximum atomic E-state index is 11.6. The first-order valence-electron chi connectivity index (χ1n) is 2.60. The van der Waals surface area contributed by atoms with E-state index in [1.54, 1.807) is 12.4 Å². The van der Waals surface area contributed by atoms with Gasteiger partial charge in [0.05, 0.1) is 12.7 Å². The molecule has 1 aromatic rings. The molecule has 0 aliphatic rings. The highest BCUT2D eigenvalue weighted by Gasteiger charge is 1.91. The minimum atomic E-state index is -0.380. The van der Waals surface area contributed by atoms with Crippen molar-refractivity contribution >= 4 is 12.6 Å². The molecule has 0 amide bonds. The Bertz CT molecular complexity index is 187. The SMILES string of the molecule is FCCn1cc(S)cn1. The molecule has 1 heterocycles. The minimum absolute atomic E-state index is 0.320. The second-order valence-electron chi connectivity index (χ2n) is 1.65. The molecule has 0 fully saturated rings. The summed E-state index contributed by atoms with van der Waals surface area (Å²) >= 11 is 3.99. The van der Waals surface area contributed by atoms with Gasteiger partial charge in [-0.3, -0.25) is 4.68 Å². The van der Waals surface area contributed by atoms with Crippen molar-refractivity contribution in [2.75, 3.05) is 6.67 Å². The van der Waals surface area contributed by atoms with E-state index in [1.165, 1.54) is 4.68 Å². The number of alkyl halides is 1. The van der Waals surface area contributed by atoms with Gasteiger partial charge in [-0.25, -0.2) is 4.39 Å². The van der Waals surface area contributed by atoms with Crippen LogP contribution < -0.4 is 0 Å². The number of nitrogens with zero attached hydrogens (tertiary/aromatic N) is 2. The van der Waals surface area contributed by atoms with Gasteiger partial charge in [0.1, 0.15) is 6.67 Å². The number of halogens is 1. The topological polar surface area (TPSA) is 17.8 Å². The predicted octanol–water partition coefficient (Wildman–Crippen LogP) is 1.14.